The number of carboxylic acid groups (broad SMARTS) is 1. The van der Waals surface area contributed by atoms with E-state index in [4.69, 9.17) is 5.11 Å². The lowest BCUT2D eigenvalue weighted by Crippen LogP contribution is -2.16. The van der Waals surface area contributed by atoms with Crippen LogP contribution in [-0.2, 0) is 0 Å². The van der Waals surface area contributed by atoms with Crippen molar-refractivity contribution in [2.75, 3.05) is 5.32 Å². The summed E-state index contributed by atoms with van der Waals surface area (Å²) in [5.41, 5.74) is 2.65. The molecule has 1 aromatic carbocycles. The molecule has 0 saturated heterocycles. The molecule has 1 fully saturated rings. The molecule has 0 bridgehead atoms. The molecule has 2 heterocycles. The predicted molar refractivity (Wildman–Crippen MR) is 105 cm³/mol. The first-order valence-corrected chi connectivity index (χ1v) is 9.62. The third-order valence-electron chi connectivity index (χ3n) is 5.13. The van der Waals surface area contributed by atoms with E-state index in [1.165, 1.54) is 10.9 Å². The molecule has 0 spiro atoms. The van der Waals surface area contributed by atoms with Crippen LogP contribution in [0.15, 0.2) is 36.7 Å². The summed E-state index contributed by atoms with van der Waals surface area (Å²) in [5.74, 6) is -0.960. The van der Waals surface area contributed by atoms with Crippen molar-refractivity contribution in [3.8, 4) is 5.69 Å². The van der Waals surface area contributed by atoms with Crippen LogP contribution in [-0.4, -0.2) is 41.8 Å². The van der Waals surface area contributed by atoms with Gasteiger partial charge in [-0.05, 0) is 44.4 Å². The number of hydrogen-bond donors (Lipinski definition) is 2. The molecule has 0 aliphatic heterocycles. The molecule has 1 saturated carbocycles. The largest absolute Gasteiger partial charge is 0.476 e. The second-order valence-electron chi connectivity index (χ2n) is 7.28. The summed E-state index contributed by atoms with van der Waals surface area (Å²) in [6.45, 7) is 4.21. The summed E-state index contributed by atoms with van der Waals surface area (Å²) >= 11 is 0. The Balaban J connectivity index is 1.58. The molecule has 150 valence electrons. The molecule has 1 aliphatic rings. The van der Waals surface area contributed by atoms with E-state index in [0.717, 1.165) is 25.0 Å². The van der Waals surface area contributed by atoms with Crippen molar-refractivity contribution in [2.24, 2.45) is 0 Å². The Morgan fingerprint density at radius 2 is 2.14 bits per heavy atom. The molecular weight excluding hydrogens is 372 g/mol. The lowest BCUT2D eigenvalue weighted by atomic mass is 10.1. The van der Waals surface area contributed by atoms with Crippen molar-refractivity contribution in [1.29, 1.82) is 0 Å². The molecule has 3 aromatic rings. The van der Waals surface area contributed by atoms with Gasteiger partial charge in [-0.25, -0.2) is 9.48 Å². The van der Waals surface area contributed by atoms with Crippen LogP contribution in [0, 0.1) is 0 Å². The fourth-order valence-electron chi connectivity index (χ4n) is 3.25. The first kappa shape index (κ1) is 18.9. The third kappa shape index (κ3) is 3.75. The number of carbonyl (C=O) groups excluding carboxylic acids is 1. The number of hydrogen-bond acceptors (Lipinski definition) is 5. The van der Waals surface area contributed by atoms with E-state index < -0.39 is 5.97 Å². The molecule has 1 unspecified atom stereocenters. The van der Waals surface area contributed by atoms with Gasteiger partial charge in [0.25, 0.3) is 5.91 Å². The first-order chi connectivity index (χ1) is 14.0. The van der Waals surface area contributed by atoms with Crippen LogP contribution in [0.5, 0.6) is 0 Å². The van der Waals surface area contributed by atoms with E-state index >= 15 is 0 Å². The zero-order valence-electron chi connectivity index (χ0n) is 16.2. The summed E-state index contributed by atoms with van der Waals surface area (Å²) in [6.07, 6.45) is 6.08. The highest BCUT2D eigenvalue weighted by atomic mass is 16.4. The van der Waals surface area contributed by atoms with Gasteiger partial charge in [0.05, 0.1) is 29.3 Å². The fraction of sp³-hybridized carbons (Fsp3) is 0.350. The Morgan fingerprint density at radius 1 is 1.34 bits per heavy atom. The highest BCUT2D eigenvalue weighted by molar-refractivity contribution is 6.05. The topological polar surface area (TPSA) is 115 Å². The van der Waals surface area contributed by atoms with Crippen LogP contribution in [0.3, 0.4) is 0 Å². The van der Waals surface area contributed by atoms with Gasteiger partial charge in [-0.2, -0.15) is 5.10 Å². The minimum atomic E-state index is -1.15. The number of nitrogens with zero attached hydrogens (tertiary/aromatic N) is 5. The molecular formula is C20H22N6O3. The minimum absolute atomic E-state index is 0.147. The Kier molecular flexibility index (Phi) is 4.87. The summed E-state index contributed by atoms with van der Waals surface area (Å²) in [5, 5.41) is 23.8. The van der Waals surface area contributed by atoms with Crippen LogP contribution in [0.2, 0.25) is 0 Å². The van der Waals surface area contributed by atoms with E-state index in [1.54, 1.807) is 30.5 Å². The first-order valence-electron chi connectivity index (χ1n) is 9.62. The Labute approximate surface area is 167 Å². The maximum Gasteiger partial charge on any atom is 0.358 e. The number of amides is 1. The third-order valence-corrected chi connectivity index (χ3v) is 5.13. The van der Waals surface area contributed by atoms with Gasteiger partial charge < -0.3 is 10.4 Å². The maximum atomic E-state index is 13.0. The van der Waals surface area contributed by atoms with Crippen molar-refractivity contribution in [1.82, 2.24) is 24.8 Å². The molecule has 29 heavy (non-hydrogen) atoms. The highest BCUT2D eigenvalue weighted by Crippen LogP contribution is 2.42. The van der Waals surface area contributed by atoms with Crippen LogP contribution in [0.4, 0.5) is 5.69 Å². The van der Waals surface area contributed by atoms with E-state index in [9.17, 15) is 9.59 Å². The number of anilines is 1. The lowest BCUT2D eigenvalue weighted by molar-refractivity contribution is 0.0690. The highest BCUT2D eigenvalue weighted by Gasteiger charge is 2.33. The van der Waals surface area contributed by atoms with Crippen LogP contribution in [0.25, 0.3) is 5.69 Å². The molecule has 4 rings (SSSR count). The minimum Gasteiger partial charge on any atom is -0.476 e. The van der Waals surface area contributed by atoms with Gasteiger partial charge in [-0.3, -0.25) is 9.48 Å². The monoisotopic (exact) mass is 394 g/mol. The van der Waals surface area contributed by atoms with Crippen molar-refractivity contribution < 1.29 is 14.7 Å². The number of aromatic carboxylic acids is 1. The molecule has 1 amide bonds. The number of carboxylic acids is 1. The van der Waals surface area contributed by atoms with Gasteiger partial charge in [0.15, 0.2) is 5.69 Å². The van der Waals surface area contributed by atoms with Gasteiger partial charge in [0.1, 0.15) is 0 Å². The van der Waals surface area contributed by atoms with Gasteiger partial charge in [0, 0.05) is 17.6 Å². The average Bonchev–Trinajstić information content (AvgIpc) is 3.26. The van der Waals surface area contributed by atoms with Gasteiger partial charge in [-0.15, -0.1) is 5.10 Å². The SMILES string of the molecule is CCC(C)n1ncc(C(=O)Nc2cccc(-n3cc(C(=O)O)nn3)c2)c1C1CC1. The zero-order chi connectivity index (χ0) is 20.5. The van der Waals surface area contributed by atoms with E-state index in [-0.39, 0.29) is 17.6 Å². The summed E-state index contributed by atoms with van der Waals surface area (Å²) in [4.78, 5) is 24.0. The van der Waals surface area contributed by atoms with E-state index in [2.05, 4.69) is 34.6 Å². The van der Waals surface area contributed by atoms with Gasteiger partial charge in [-0.1, -0.05) is 18.2 Å². The van der Waals surface area contributed by atoms with Crippen molar-refractivity contribution in [3.63, 3.8) is 0 Å². The smallest absolute Gasteiger partial charge is 0.358 e. The standard InChI is InChI=1S/C20H22N6O3/c1-3-12(2)26-18(13-7-8-13)16(10-21-26)19(27)22-14-5-4-6-15(9-14)25-11-17(20(28)29)23-24-25/h4-6,9-13H,3,7-8H2,1-2H3,(H,22,27)(H,28,29). The number of nitrogens with one attached hydrogen (secondary N) is 1. The maximum absolute atomic E-state index is 13.0. The normalized spacial score (nSPS) is 14.6. The Morgan fingerprint density at radius 3 is 2.79 bits per heavy atom. The summed E-state index contributed by atoms with van der Waals surface area (Å²) < 4.78 is 3.33. The van der Waals surface area contributed by atoms with Crippen molar-refractivity contribution in [2.45, 2.75) is 45.1 Å². The van der Waals surface area contributed by atoms with Gasteiger partial charge in [0.2, 0.25) is 0 Å². The Bertz CT molecular complexity index is 1070. The number of benzene rings is 1. The molecule has 1 atom stereocenters. The van der Waals surface area contributed by atoms with Crippen molar-refractivity contribution >= 4 is 17.6 Å². The second-order valence-corrected chi connectivity index (χ2v) is 7.28. The number of rotatable bonds is 7. The van der Waals surface area contributed by atoms with Crippen LogP contribution in [0.1, 0.15) is 71.6 Å². The van der Waals surface area contributed by atoms with Crippen LogP contribution < -0.4 is 5.32 Å². The van der Waals surface area contributed by atoms with Gasteiger partial charge >= 0.3 is 5.97 Å². The fourth-order valence-corrected chi connectivity index (χ4v) is 3.25. The molecule has 9 heteroatoms. The lowest BCUT2D eigenvalue weighted by Gasteiger charge is -2.14. The summed E-state index contributed by atoms with van der Waals surface area (Å²) in [6, 6.07) is 7.25. The Hall–Kier alpha value is -3.49. The molecule has 2 N–H and O–H groups in total. The summed E-state index contributed by atoms with van der Waals surface area (Å²) in [7, 11) is 0. The van der Waals surface area contributed by atoms with E-state index in [0.29, 0.717) is 22.9 Å². The van der Waals surface area contributed by atoms with E-state index in [1.807, 2.05) is 4.68 Å². The molecule has 2 aromatic heterocycles. The predicted octanol–water partition coefficient (Wildman–Crippen LogP) is 3.26. The second kappa shape index (κ2) is 7.50. The molecule has 9 nitrogen and oxygen atoms in total. The average molecular weight is 394 g/mol. The zero-order valence-corrected chi connectivity index (χ0v) is 16.2. The quantitative estimate of drug-likeness (QED) is 0.636. The number of carbonyl (C=O) groups is 2. The van der Waals surface area contributed by atoms with Crippen molar-refractivity contribution in [3.05, 3.63) is 53.6 Å². The van der Waals surface area contributed by atoms with Crippen LogP contribution >= 0.6 is 0 Å². The molecule has 1 aliphatic carbocycles. The molecule has 0 radical (unpaired) electrons. The number of aromatic nitrogens is 5.